The van der Waals surface area contributed by atoms with Gasteiger partial charge >= 0.3 is 6.03 Å². The van der Waals surface area contributed by atoms with Gasteiger partial charge in [0.15, 0.2) is 11.3 Å². The fourth-order valence-electron chi connectivity index (χ4n) is 3.25. The molecule has 0 radical (unpaired) electrons. The van der Waals surface area contributed by atoms with Gasteiger partial charge in [-0.25, -0.2) is 4.79 Å². The molecule has 3 heterocycles. The number of ketones is 1. The number of carbonyl (C=O) groups excluding carboxylic acids is 3. The van der Waals surface area contributed by atoms with Crippen LogP contribution in [-0.4, -0.2) is 40.8 Å². The van der Waals surface area contributed by atoms with Crippen molar-refractivity contribution >= 4 is 17.7 Å². The average molecular weight is 325 g/mol. The summed E-state index contributed by atoms with van der Waals surface area (Å²) in [6, 6.07) is 9.88. The van der Waals surface area contributed by atoms with E-state index >= 15 is 0 Å². The van der Waals surface area contributed by atoms with Crippen molar-refractivity contribution in [1.29, 1.82) is 0 Å². The predicted octanol–water partition coefficient (Wildman–Crippen LogP) is 1.43. The Kier molecular flexibility index (Phi) is 3.16. The second-order valence-corrected chi connectivity index (χ2v) is 5.83. The summed E-state index contributed by atoms with van der Waals surface area (Å²) < 4.78 is 5.58. The summed E-state index contributed by atoms with van der Waals surface area (Å²) in [6.45, 7) is 0.0252. The van der Waals surface area contributed by atoms with Gasteiger partial charge in [-0.2, -0.15) is 0 Å². The molecule has 7 nitrogen and oxygen atoms in total. The van der Waals surface area contributed by atoms with Gasteiger partial charge in [0.2, 0.25) is 0 Å². The molecule has 1 saturated heterocycles. The van der Waals surface area contributed by atoms with Crippen molar-refractivity contribution in [2.45, 2.75) is 12.0 Å². The van der Waals surface area contributed by atoms with E-state index in [1.807, 2.05) is 6.07 Å². The molecule has 24 heavy (non-hydrogen) atoms. The van der Waals surface area contributed by atoms with Crippen molar-refractivity contribution in [2.75, 3.05) is 13.2 Å². The molecule has 3 amide bonds. The number of aromatic nitrogens is 1. The zero-order valence-electron chi connectivity index (χ0n) is 12.7. The minimum atomic E-state index is -1.15. The second-order valence-electron chi connectivity index (χ2n) is 5.83. The van der Waals surface area contributed by atoms with Gasteiger partial charge in [-0.05, 0) is 18.2 Å². The van der Waals surface area contributed by atoms with Crippen molar-refractivity contribution in [3.8, 4) is 5.75 Å². The SMILES string of the molecule is O=C(CN1C(=O)N[C@@]2(CCOc3ccccc32)C1=O)c1ccc[nH]1. The Morgan fingerprint density at radius 3 is 2.83 bits per heavy atom. The lowest BCUT2D eigenvalue weighted by molar-refractivity contribution is -0.132. The average Bonchev–Trinajstić information content (AvgIpc) is 3.20. The van der Waals surface area contributed by atoms with Crippen LogP contribution in [0.1, 0.15) is 22.5 Å². The van der Waals surface area contributed by atoms with Gasteiger partial charge in [-0.1, -0.05) is 18.2 Å². The molecular formula is C17H15N3O4. The first-order valence-electron chi connectivity index (χ1n) is 7.65. The summed E-state index contributed by atoms with van der Waals surface area (Å²) in [5.41, 5.74) is -0.157. The first-order chi connectivity index (χ1) is 11.6. The molecule has 7 heteroatoms. The molecule has 0 aliphatic carbocycles. The molecule has 2 aromatic rings. The largest absolute Gasteiger partial charge is 0.493 e. The van der Waals surface area contributed by atoms with Crippen LogP contribution in [0, 0.1) is 0 Å². The summed E-state index contributed by atoms with van der Waals surface area (Å²) in [5.74, 6) is -0.154. The molecule has 1 aromatic heterocycles. The summed E-state index contributed by atoms with van der Waals surface area (Å²) in [4.78, 5) is 41.4. The van der Waals surface area contributed by atoms with Crippen molar-refractivity contribution in [2.24, 2.45) is 0 Å². The fraction of sp³-hybridized carbons (Fsp3) is 0.235. The van der Waals surface area contributed by atoms with E-state index in [1.54, 1.807) is 36.5 Å². The number of para-hydroxylation sites is 1. The second kappa shape index (κ2) is 5.23. The number of fused-ring (bicyclic) bond motifs is 2. The third kappa shape index (κ3) is 2.01. The van der Waals surface area contributed by atoms with Crippen LogP contribution in [0.15, 0.2) is 42.6 Å². The quantitative estimate of drug-likeness (QED) is 0.659. The lowest BCUT2D eigenvalue weighted by Gasteiger charge is -2.33. The smallest absolute Gasteiger partial charge is 0.325 e. The monoisotopic (exact) mass is 325 g/mol. The van der Waals surface area contributed by atoms with Crippen LogP contribution in [0.5, 0.6) is 5.75 Å². The summed E-state index contributed by atoms with van der Waals surface area (Å²) in [5, 5.41) is 2.77. The molecule has 2 N–H and O–H groups in total. The highest BCUT2D eigenvalue weighted by Gasteiger charge is 2.55. The number of ether oxygens (including phenoxy) is 1. The number of nitrogens with zero attached hydrogens (tertiary/aromatic N) is 1. The van der Waals surface area contributed by atoms with Gasteiger partial charge in [-0.15, -0.1) is 0 Å². The molecule has 122 valence electrons. The topological polar surface area (TPSA) is 91.5 Å². The van der Waals surface area contributed by atoms with Gasteiger partial charge in [0.05, 0.1) is 18.8 Å². The van der Waals surface area contributed by atoms with Gasteiger partial charge in [0.25, 0.3) is 5.91 Å². The minimum absolute atomic E-state index is 0.296. The van der Waals surface area contributed by atoms with Crippen LogP contribution in [0.25, 0.3) is 0 Å². The number of aromatic amines is 1. The van der Waals surface area contributed by atoms with Crippen LogP contribution in [0.3, 0.4) is 0 Å². The molecule has 1 fully saturated rings. The van der Waals surface area contributed by atoms with E-state index in [4.69, 9.17) is 4.74 Å². The van der Waals surface area contributed by atoms with E-state index in [0.29, 0.717) is 30.0 Å². The molecule has 0 bridgehead atoms. The lowest BCUT2D eigenvalue weighted by atomic mass is 9.84. The lowest BCUT2D eigenvalue weighted by Crippen LogP contribution is -2.47. The number of H-pyrrole nitrogens is 1. The first kappa shape index (κ1) is 14.5. The van der Waals surface area contributed by atoms with Crippen LogP contribution >= 0.6 is 0 Å². The number of amides is 3. The Morgan fingerprint density at radius 2 is 2.04 bits per heavy atom. The number of hydrogen-bond donors (Lipinski definition) is 2. The Balaban J connectivity index is 1.66. The molecule has 2 aliphatic rings. The Bertz CT molecular complexity index is 830. The molecule has 4 rings (SSSR count). The summed E-state index contributed by atoms with van der Waals surface area (Å²) >= 11 is 0. The van der Waals surface area contributed by atoms with Crippen molar-refractivity contribution < 1.29 is 19.1 Å². The van der Waals surface area contributed by atoms with Gasteiger partial charge in [-0.3, -0.25) is 14.5 Å². The molecule has 1 aromatic carbocycles. The zero-order valence-corrected chi connectivity index (χ0v) is 12.7. The third-order valence-corrected chi connectivity index (χ3v) is 4.46. The number of imide groups is 1. The molecule has 2 aliphatic heterocycles. The highest BCUT2D eigenvalue weighted by Crippen LogP contribution is 2.40. The predicted molar refractivity (Wildman–Crippen MR) is 83.6 cm³/mol. The van der Waals surface area contributed by atoms with Gasteiger partial charge in [0.1, 0.15) is 5.75 Å². The molecule has 1 atom stereocenters. The van der Waals surface area contributed by atoms with E-state index in [-0.39, 0.29) is 12.3 Å². The Labute approximate surface area is 137 Å². The number of benzene rings is 1. The summed E-state index contributed by atoms with van der Waals surface area (Å²) in [7, 11) is 0. The number of hydrogen-bond acceptors (Lipinski definition) is 4. The highest BCUT2D eigenvalue weighted by atomic mass is 16.5. The minimum Gasteiger partial charge on any atom is -0.493 e. The van der Waals surface area contributed by atoms with E-state index in [2.05, 4.69) is 10.3 Å². The zero-order chi connectivity index (χ0) is 16.7. The number of nitrogens with one attached hydrogen (secondary N) is 2. The van der Waals surface area contributed by atoms with Gasteiger partial charge in [0, 0.05) is 18.2 Å². The van der Waals surface area contributed by atoms with E-state index in [0.717, 1.165) is 4.90 Å². The molecular weight excluding hydrogens is 310 g/mol. The Hall–Kier alpha value is -3.09. The fourth-order valence-corrected chi connectivity index (χ4v) is 3.25. The number of urea groups is 1. The van der Waals surface area contributed by atoms with Crippen molar-refractivity contribution in [3.63, 3.8) is 0 Å². The maximum absolute atomic E-state index is 13.0. The summed E-state index contributed by atoms with van der Waals surface area (Å²) in [6.07, 6.45) is 1.96. The highest BCUT2D eigenvalue weighted by molar-refractivity contribution is 6.11. The number of Topliss-reactive ketones (excluding diaryl/α,β-unsaturated/α-hetero) is 1. The van der Waals surface area contributed by atoms with E-state index in [1.165, 1.54) is 0 Å². The molecule has 0 saturated carbocycles. The van der Waals surface area contributed by atoms with Crippen LogP contribution in [-0.2, 0) is 10.3 Å². The third-order valence-electron chi connectivity index (χ3n) is 4.46. The van der Waals surface area contributed by atoms with E-state index in [9.17, 15) is 14.4 Å². The van der Waals surface area contributed by atoms with Crippen LogP contribution in [0.2, 0.25) is 0 Å². The normalized spacial score (nSPS) is 22.2. The van der Waals surface area contributed by atoms with Crippen LogP contribution in [0.4, 0.5) is 4.79 Å². The molecule has 0 unspecified atom stereocenters. The first-order valence-corrected chi connectivity index (χ1v) is 7.65. The van der Waals surface area contributed by atoms with Crippen molar-refractivity contribution in [1.82, 2.24) is 15.2 Å². The number of rotatable bonds is 3. The van der Waals surface area contributed by atoms with Gasteiger partial charge < -0.3 is 15.0 Å². The molecule has 1 spiro atoms. The Morgan fingerprint density at radius 1 is 1.21 bits per heavy atom. The standard InChI is InChI=1S/C17H15N3O4/c21-13(12-5-3-8-18-12)10-20-15(22)17(19-16(20)23)7-9-24-14-6-2-1-4-11(14)17/h1-6,8,18H,7,9-10H2,(H,19,23)/t17-/m1/s1. The number of carbonyl (C=O) groups is 3. The maximum Gasteiger partial charge on any atom is 0.325 e. The van der Waals surface area contributed by atoms with E-state index < -0.39 is 17.5 Å². The maximum atomic E-state index is 13.0. The van der Waals surface area contributed by atoms with Crippen molar-refractivity contribution in [3.05, 3.63) is 53.9 Å². The van der Waals surface area contributed by atoms with Crippen LogP contribution < -0.4 is 10.1 Å².